The van der Waals surface area contributed by atoms with Crippen molar-refractivity contribution in [1.82, 2.24) is 10.9 Å². The molecule has 0 saturated heterocycles. The highest BCUT2D eigenvalue weighted by molar-refractivity contribution is 6.30. The molecule has 6 heteroatoms. The second-order valence-corrected chi connectivity index (χ2v) is 6.07. The van der Waals surface area contributed by atoms with E-state index in [9.17, 15) is 9.59 Å². The maximum atomic E-state index is 12.1. The predicted molar refractivity (Wildman–Crippen MR) is 96.4 cm³/mol. The normalized spacial score (nSPS) is 10.6. The third-order valence-corrected chi connectivity index (χ3v) is 4.15. The van der Waals surface area contributed by atoms with Crippen LogP contribution in [-0.4, -0.2) is 11.8 Å². The van der Waals surface area contributed by atoms with Gasteiger partial charge in [0.2, 0.25) is 5.91 Å². The maximum absolute atomic E-state index is 12.1. The van der Waals surface area contributed by atoms with Crippen molar-refractivity contribution in [2.75, 3.05) is 0 Å². The Labute approximate surface area is 149 Å². The summed E-state index contributed by atoms with van der Waals surface area (Å²) in [4.78, 5) is 24.1. The van der Waals surface area contributed by atoms with Crippen molar-refractivity contribution in [3.63, 3.8) is 0 Å². The van der Waals surface area contributed by atoms with Crippen LogP contribution in [0.15, 0.2) is 53.1 Å². The first-order chi connectivity index (χ1) is 12.1. The molecule has 3 rings (SSSR count). The summed E-state index contributed by atoms with van der Waals surface area (Å²) in [6, 6.07) is 12.3. The zero-order chi connectivity index (χ0) is 17.8. The molecule has 1 heterocycles. The average Bonchev–Trinajstić information content (AvgIpc) is 3.02. The lowest BCUT2D eigenvalue weighted by atomic mass is 10.1. The lowest BCUT2D eigenvalue weighted by Gasteiger charge is -2.07. The molecule has 0 aliphatic rings. The molecule has 5 nitrogen and oxygen atoms in total. The summed E-state index contributed by atoms with van der Waals surface area (Å²) in [7, 11) is 0. The molecule has 0 fully saturated rings. The number of nitrogens with one attached hydrogen (secondary N) is 2. The highest BCUT2D eigenvalue weighted by atomic mass is 35.5. The van der Waals surface area contributed by atoms with Crippen LogP contribution in [0.3, 0.4) is 0 Å². The topological polar surface area (TPSA) is 71.3 Å². The Hall–Kier alpha value is -2.79. The number of hydrogen-bond donors (Lipinski definition) is 2. The third kappa shape index (κ3) is 4.00. The number of rotatable bonds is 4. The van der Waals surface area contributed by atoms with E-state index in [1.165, 1.54) is 5.56 Å². The molecule has 3 aromatic rings. The third-order valence-electron chi connectivity index (χ3n) is 3.90. The molecule has 2 N–H and O–H groups in total. The Bertz CT molecular complexity index is 916. The minimum atomic E-state index is -0.407. The van der Waals surface area contributed by atoms with Crippen molar-refractivity contribution in [3.05, 3.63) is 70.4 Å². The summed E-state index contributed by atoms with van der Waals surface area (Å²) in [6.45, 7) is 2.07. The highest BCUT2D eigenvalue weighted by Crippen LogP contribution is 2.23. The van der Waals surface area contributed by atoms with E-state index in [1.54, 1.807) is 30.5 Å². The van der Waals surface area contributed by atoms with E-state index in [2.05, 4.69) is 17.8 Å². The van der Waals surface area contributed by atoms with Gasteiger partial charge in [0.1, 0.15) is 5.58 Å². The summed E-state index contributed by atoms with van der Waals surface area (Å²) >= 11 is 5.78. The molecule has 0 aliphatic heterocycles. The monoisotopic (exact) mass is 356 g/mol. The summed E-state index contributed by atoms with van der Waals surface area (Å²) in [5.74, 6) is -0.734. The van der Waals surface area contributed by atoms with Gasteiger partial charge in [-0.25, -0.2) is 0 Å². The predicted octanol–water partition coefficient (Wildman–Crippen LogP) is 3.65. The van der Waals surface area contributed by atoms with E-state index in [0.29, 0.717) is 10.6 Å². The molecule has 2 amide bonds. The van der Waals surface area contributed by atoms with Gasteiger partial charge in [-0.3, -0.25) is 20.4 Å². The molecule has 1 aromatic heterocycles. The average molecular weight is 357 g/mol. The van der Waals surface area contributed by atoms with E-state index in [1.807, 2.05) is 18.2 Å². The van der Waals surface area contributed by atoms with Gasteiger partial charge in [-0.15, -0.1) is 0 Å². The van der Waals surface area contributed by atoms with Gasteiger partial charge in [0.25, 0.3) is 5.91 Å². The van der Waals surface area contributed by atoms with E-state index in [4.69, 9.17) is 16.0 Å². The minimum Gasteiger partial charge on any atom is -0.464 e. The van der Waals surface area contributed by atoms with Crippen LogP contribution in [0.1, 0.15) is 28.4 Å². The van der Waals surface area contributed by atoms with Gasteiger partial charge in [-0.2, -0.15) is 0 Å². The number of furan rings is 1. The molecule has 0 radical (unpaired) electrons. The molecular formula is C19H17ClN2O3. The van der Waals surface area contributed by atoms with Crippen molar-refractivity contribution in [3.8, 4) is 0 Å². The zero-order valence-electron chi connectivity index (χ0n) is 13.6. The molecular weight excluding hydrogens is 340 g/mol. The molecule has 0 aliphatic carbocycles. The van der Waals surface area contributed by atoms with E-state index in [-0.39, 0.29) is 12.3 Å². The van der Waals surface area contributed by atoms with Gasteiger partial charge in [0, 0.05) is 21.5 Å². The maximum Gasteiger partial charge on any atom is 0.269 e. The largest absolute Gasteiger partial charge is 0.464 e. The van der Waals surface area contributed by atoms with Crippen LogP contribution in [0.2, 0.25) is 5.02 Å². The van der Waals surface area contributed by atoms with Crippen molar-refractivity contribution in [2.45, 2.75) is 19.8 Å². The molecule has 0 unspecified atom stereocenters. The molecule has 0 saturated carbocycles. The Balaban J connectivity index is 1.63. The van der Waals surface area contributed by atoms with Gasteiger partial charge in [-0.05, 0) is 48.4 Å². The van der Waals surface area contributed by atoms with Crippen LogP contribution in [-0.2, 0) is 17.6 Å². The number of benzene rings is 2. The smallest absolute Gasteiger partial charge is 0.269 e. The van der Waals surface area contributed by atoms with Crippen LogP contribution in [0.25, 0.3) is 11.0 Å². The van der Waals surface area contributed by atoms with Gasteiger partial charge in [-0.1, -0.05) is 24.6 Å². The minimum absolute atomic E-state index is 0.112. The lowest BCUT2D eigenvalue weighted by Crippen LogP contribution is -2.42. The molecule has 25 heavy (non-hydrogen) atoms. The first kappa shape index (κ1) is 17.0. The number of fused-ring (bicyclic) bond motifs is 1. The van der Waals surface area contributed by atoms with E-state index < -0.39 is 5.91 Å². The molecule has 128 valence electrons. The molecule has 2 aromatic carbocycles. The second-order valence-electron chi connectivity index (χ2n) is 5.63. The number of hydrogen-bond acceptors (Lipinski definition) is 3. The first-order valence-electron chi connectivity index (χ1n) is 7.90. The number of aryl methyl sites for hydroxylation is 1. The zero-order valence-corrected chi connectivity index (χ0v) is 14.4. The SMILES string of the molecule is CCc1ccc2occ(CC(=O)NNC(=O)c3ccc(Cl)cc3)c2c1. The highest BCUT2D eigenvalue weighted by Gasteiger charge is 2.12. The quantitative estimate of drug-likeness (QED) is 0.701. The number of carbonyl (C=O) groups is 2. The van der Waals surface area contributed by atoms with Gasteiger partial charge < -0.3 is 4.42 Å². The fourth-order valence-corrected chi connectivity index (χ4v) is 2.63. The van der Waals surface area contributed by atoms with Gasteiger partial charge in [0.15, 0.2) is 0 Å². The number of hydrazine groups is 1. The summed E-state index contributed by atoms with van der Waals surface area (Å²) < 4.78 is 5.48. The van der Waals surface area contributed by atoms with Crippen molar-refractivity contribution in [2.24, 2.45) is 0 Å². The Morgan fingerprint density at radius 2 is 1.84 bits per heavy atom. The molecule has 0 spiro atoms. The standard InChI is InChI=1S/C19H17ClN2O3/c1-2-12-3-8-17-16(9-12)14(11-25-17)10-18(23)21-22-19(24)13-4-6-15(20)7-5-13/h3-9,11H,2,10H2,1H3,(H,21,23)(H,22,24). The molecule has 0 atom stereocenters. The number of halogens is 1. The van der Waals surface area contributed by atoms with Crippen molar-refractivity contribution < 1.29 is 14.0 Å². The second kappa shape index (κ2) is 7.40. The van der Waals surface area contributed by atoms with Crippen LogP contribution < -0.4 is 10.9 Å². The van der Waals surface area contributed by atoms with E-state index in [0.717, 1.165) is 23.0 Å². The number of amides is 2. The van der Waals surface area contributed by atoms with Gasteiger partial charge >= 0.3 is 0 Å². The van der Waals surface area contributed by atoms with Gasteiger partial charge in [0.05, 0.1) is 12.7 Å². The Kier molecular flexibility index (Phi) is 5.05. The summed E-state index contributed by atoms with van der Waals surface area (Å²) in [5.41, 5.74) is 7.91. The van der Waals surface area contributed by atoms with Crippen molar-refractivity contribution >= 4 is 34.4 Å². The van der Waals surface area contributed by atoms with E-state index >= 15 is 0 Å². The van der Waals surface area contributed by atoms with Crippen molar-refractivity contribution in [1.29, 1.82) is 0 Å². The lowest BCUT2D eigenvalue weighted by molar-refractivity contribution is -0.121. The Morgan fingerprint density at radius 1 is 1.08 bits per heavy atom. The van der Waals surface area contributed by atoms with Crippen LogP contribution >= 0.6 is 11.6 Å². The fourth-order valence-electron chi connectivity index (χ4n) is 2.50. The first-order valence-corrected chi connectivity index (χ1v) is 8.28. The number of carbonyl (C=O) groups excluding carboxylic acids is 2. The molecule has 0 bridgehead atoms. The van der Waals surface area contributed by atoms with Crippen LogP contribution in [0, 0.1) is 0 Å². The summed E-state index contributed by atoms with van der Waals surface area (Å²) in [6.07, 6.45) is 2.59. The fraction of sp³-hybridized carbons (Fsp3) is 0.158. The van der Waals surface area contributed by atoms with Crippen LogP contribution in [0.4, 0.5) is 0 Å². The van der Waals surface area contributed by atoms with Crippen LogP contribution in [0.5, 0.6) is 0 Å². The summed E-state index contributed by atoms with van der Waals surface area (Å²) in [5, 5.41) is 1.46. The Morgan fingerprint density at radius 3 is 2.56 bits per heavy atom.